The van der Waals surface area contributed by atoms with Crippen LogP contribution in [-0.4, -0.2) is 19.4 Å². The van der Waals surface area contributed by atoms with Gasteiger partial charge in [0.25, 0.3) is 0 Å². The Hall–Kier alpha value is -2.62. The average Bonchev–Trinajstić information content (AvgIpc) is 2.46. The molecule has 21 heavy (non-hydrogen) atoms. The number of carbonyl (C=O) groups is 2. The van der Waals surface area contributed by atoms with E-state index < -0.39 is 5.97 Å². The van der Waals surface area contributed by atoms with Crippen molar-refractivity contribution in [3.05, 3.63) is 47.5 Å². The van der Waals surface area contributed by atoms with Crippen LogP contribution in [0, 0.1) is 6.92 Å². The van der Waals surface area contributed by atoms with Crippen molar-refractivity contribution in [2.45, 2.75) is 13.8 Å². The second kappa shape index (κ2) is 6.22. The van der Waals surface area contributed by atoms with E-state index in [2.05, 4.69) is 0 Å². The Bertz CT molecular complexity index is 689. The third-order valence-electron chi connectivity index (χ3n) is 3.01. The Morgan fingerprint density at radius 2 is 1.95 bits per heavy atom. The number of methoxy groups -OCH3 is 1. The molecule has 0 unspecified atom stereocenters. The molecule has 0 aromatic heterocycles. The number of aldehydes is 1. The fourth-order valence-corrected chi connectivity index (χ4v) is 2.12. The van der Waals surface area contributed by atoms with E-state index in [4.69, 9.17) is 9.47 Å². The first-order valence-corrected chi connectivity index (χ1v) is 6.48. The Balaban J connectivity index is 2.71. The quantitative estimate of drug-likeness (QED) is 0.490. The van der Waals surface area contributed by atoms with Crippen molar-refractivity contribution in [3.63, 3.8) is 0 Å². The lowest BCUT2D eigenvalue weighted by Gasteiger charge is -2.14. The number of carbonyl (C=O) groups excluding carboxylic acids is 2. The molecule has 2 aromatic rings. The smallest absolute Gasteiger partial charge is 0.308 e. The van der Waals surface area contributed by atoms with Gasteiger partial charge in [0.05, 0.1) is 7.11 Å². The van der Waals surface area contributed by atoms with E-state index >= 15 is 0 Å². The van der Waals surface area contributed by atoms with E-state index in [1.54, 1.807) is 12.1 Å². The van der Waals surface area contributed by atoms with E-state index in [1.807, 2.05) is 31.2 Å². The number of hydrogen-bond acceptors (Lipinski definition) is 4. The average molecular weight is 284 g/mol. The molecule has 0 atom stereocenters. The van der Waals surface area contributed by atoms with Crippen LogP contribution in [0.15, 0.2) is 36.4 Å². The lowest BCUT2D eigenvalue weighted by molar-refractivity contribution is -0.131. The summed E-state index contributed by atoms with van der Waals surface area (Å²) in [7, 11) is 1.47. The Kier molecular flexibility index (Phi) is 4.38. The molecule has 108 valence electrons. The molecule has 0 amide bonds. The van der Waals surface area contributed by atoms with Gasteiger partial charge in [-0.3, -0.25) is 9.59 Å². The highest BCUT2D eigenvalue weighted by atomic mass is 16.6. The van der Waals surface area contributed by atoms with Gasteiger partial charge >= 0.3 is 5.97 Å². The molecule has 4 heteroatoms. The Morgan fingerprint density at radius 3 is 2.52 bits per heavy atom. The van der Waals surface area contributed by atoms with Crippen LogP contribution in [0.1, 0.15) is 22.8 Å². The van der Waals surface area contributed by atoms with Crippen molar-refractivity contribution in [3.8, 4) is 22.6 Å². The van der Waals surface area contributed by atoms with Crippen LogP contribution in [-0.2, 0) is 4.79 Å². The maximum Gasteiger partial charge on any atom is 0.308 e. The molecule has 0 radical (unpaired) electrons. The van der Waals surface area contributed by atoms with Gasteiger partial charge in [-0.1, -0.05) is 29.8 Å². The predicted molar refractivity (Wildman–Crippen MR) is 79.9 cm³/mol. The van der Waals surface area contributed by atoms with Crippen molar-refractivity contribution in [1.82, 2.24) is 0 Å². The van der Waals surface area contributed by atoms with Gasteiger partial charge in [0.2, 0.25) is 0 Å². The van der Waals surface area contributed by atoms with Crippen LogP contribution >= 0.6 is 0 Å². The molecule has 4 nitrogen and oxygen atoms in total. The van der Waals surface area contributed by atoms with Gasteiger partial charge in [-0.05, 0) is 24.6 Å². The monoisotopic (exact) mass is 284 g/mol. The van der Waals surface area contributed by atoms with Crippen LogP contribution < -0.4 is 9.47 Å². The number of esters is 1. The summed E-state index contributed by atoms with van der Waals surface area (Å²) in [6.45, 7) is 3.29. The van der Waals surface area contributed by atoms with Gasteiger partial charge in [0, 0.05) is 18.1 Å². The Morgan fingerprint density at radius 1 is 1.19 bits per heavy atom. The molecule has 2 aromatic carbocycles. The van der Waals surface area contributed by atoms with Gasteiger partial charge in [-0.2, -0.15) is 0 Å². The predicted octanol–water partition coefficient (Wildman–Crippen LogP) is 3.41. The number of rotatable bonds is 4. The third kappa shape index (κ3) is 3.28. The zero-order valence-corrected chi connectivity index (χ0v) is 12.2. The molecule has 0 aliphatic carbocycles. The van der Waals surface area contributed by atoms with Crippen LogP contribution in [0.25, 0.3) is 11.1 Å². The molecular formula is C17H16O4. The fourth-order valence-electron chi connectivity index (χ4n) is 2.12. The van der Waals surface area contributed by atoms with Crippen molar-refractivity contribution >= 4 is 12.3 Å². The highest BCUT2D eigenvalue weighted by Gasteiger charge is 2.16. The maximum atomic E-state index is 11.3. The molecule has 0 aliphatic heterocycles. The minimum absolute atomic E-state index is 0.321. The normalized spacial score (nSPS) is 10.0. The molecule has 0 saturated heterocycles. The Labute approximate surface area is 123 Å². The first-order valence-electron chi connectivity index (χ1n) is 6.48. The van der Waals surface area contributed by atoms with Gasteiger partial charge in [-0.25, -0.2) is 0 Å². The number of aryl methyl sites for hydroxylation is 1. The van der Waals surface area contributed by atoms with E-state index in [9.17, 15) is 9.59 Å². The van der Waals surface area contributed by atoms with Crippen molar-refractivity contribution in [2.75, 3.05) is 7.11 Å². The van der Waals surface area contributed by atoms with Crippen molar-refractivity contribution < 1.29 is 19.1 Å². The number of ether oxygens (including phenoxy) is 2. The zero-order valence-electron chi connectivity index (χ0n) is 12.2. The van der Waals surface area contributed by atoms with Gasteiger partial charge < -0.3 is 9.47 Å². The highest BCUT2D eigenvalue weighted by molar-refractivity contribution is 5.86. The maximum absolute atomic E-state index is 11.3. The van der Waals surface area contributed by atoms with E-state index in [0.717, 1.165) is 17.4 Å². The lowest BCUT2D eigenvalue weighted by atomic mass is 10.00. The SMILES string of the molecule is COc1cc(C=O)cc(-c2cccc(C)c2)c1OC(C)=O. The summed E-state index contributed by atoms with van der Waals surface area (Å²) in [4.78, 5) is 22.4. The van der Waals surface area contributed by atoms with Crippen LogP contribution in [0.3, 0.4) is 0 Å². The molecule has 0 aliphatic rings. The molecule has 0 spiro atoms. The second-order valence-electron chi connectivity index (χ2n) is 4.68. The number of benzene rings is 2. The van der Waals surface area contributed by atoms with E-state index in [0.29, 0.717) is 22.6 Å². The molecule has 2 rings (SSSR count). The minimum Gasteiger partial charge on any atom is -0.493 e. The standard InChI is InChI=1S/C17H16O4/c1-11-5-4-6-14(7-11)15-8-13(10-18)9-16(20-3)17(15)21-12(2)19/h4-10H,1-3H3. The van der Waals surface area contributed by atoms with Crippen molar-refractivity contribution in [2.24, 2.45) is 0 Å². The van der Waals surface area contributed by atoms with Gasteiger partial charge in [-0.15, -0.1) is 0 Å². The molecule has 0 bridgehead atoms. The summed E-state index contributed by atoms with van der Waals surface area (Å²) < 4.78 is 10.5. The minimum atomic E-state index is -0.443. The first-order chi connectivity index (χ1) is 10.0. The fraction of sp³-hybridized carbons (Fsp3) is 0.176. The largest absolute Gasteiger partial charge is 0.493 e. The van der Waals surface area contributed by atoms with Crippen LogP contribution in [0.4, 0.5) is 0 Å². The topological polar surface area (TPSA) is 52.6 Å². The van der Waals surface area contributed by atoms with Crippen molar-refractivity contribution in [1.29, 1.82) is 0 Å². The van der Waals surface area contributed by atoms with E-state index in [-0.39, 0.29) is 0 Å². The zero-order chi connectivity index (χ0) is 15.4. The van der Waals surface area contributed by atoms with E-state index in [1.165, 1.54) is 14.0 Å². The molecule has 0 heterocycles. The second-order valence-corrected chi connectivity index (χ2v) is 4.68. The molecule has 0 saturated carbocycles. The summed E-state index contributed by atoms with van der Waals surface area (Å²) >= 11 is 0. The van der Waals surface area contributed by atoms with Gasteiger partial charge in [0.15, 0.2) is 11.5 Å². The van der Waals surface area contributed by atoms with Crippen LogP contribution in [0.2, 0.25) is 0 Å². The highest BCUT2D eigenvalue weighted by Crippen LogP contribution is 2.39. The van der Waals surface area contributed by atoms with Gasteiger partial charge in [0.1, 0.15) is 6.29 Å². The first kappa shape index (κ1) is 14.8. The summed E-state index contributed by atoms with van der Waals surface area (Å²) in [5.41, 5.74) is 3.03. The molecular weight excluding hydrogens is 268 g/mol. The lowest BCUT2D eigenvalue weighted by Crippen LogP contribution is -2.05. The number of hydrogen-bond donors (Lipinski definition) is 0. The molecule has 0 fully saturated rings. The summed E-state index contributed by atoms with van der Waals surface area (Å²) in [6.07, 6.45) is 0.735. The summed E-state index contributed by atoms with van der Waals surface area (Å²) in [5, 5.41) is 0. The molecule has 0 N–H and O–H groups in total. The summed E-state index contributed by atoms with van der Waals surface area (Å²) in [5.74, 6) is 0.230. The third-order valence-corrected chi connectivity index (χ3v) is 3.01. The summed E-state index contributed by atoms with van der Waals surface area (Å²) in [6, 6.07) is 10.9. The van der Waals surface area contributed by atoms with Crippen LogP contribution in [0.5, 0.6) is 11.5 Å².